The van der Waals surface area contributed by atoms with Crippen molar-refractivity contribution >= 4 is 46.6 Å². The zero-order chi connectivity index (χ0) is 24.1. The van der Waals surface area contributed by atoms with Crippen molar-refractivity contribution in [3.8, 4) is 11.8 Å². The Labute approximate surface area is 206 Å². The van der Waals surface area contributed by atoms with Crippen LogP contribution < -0.4 is 15.0 Å². The molecule has 1 aliphatic heterocycles. The molecule has 34 heavy (non-hydrogen) atoms. The lowest BCUT2D eigenvalue weighted by Gasteiger charge is -2.18. The zero-order valence-electron chi connectivity index (χ0n) is 18.2. The van der Waals surface area contributed by atoms with Crippen LogP contribution in [0.1, 0.15) is 5.56 Å². The highest BCUT2D eigenvalue weighted by molar-refractivity contribution is 8.05. The third-order valence-corrected chi connectivity index (χ3v) is 6.68. The molecule has 0 bridgehead atoms. The molecule has 1 atom stereocenters. The summed E-state index contributed by atoms with van der Waals surface area (Å²) in [6, 6.07) is 25.1. The molecular formula is C26H20ClN3O3S. The highest BCUT2D eigenvalue weighted by atomic mass is 35.5. The number of thioether (sulfide) groups is 1. The van der Waals surface area contributed by atoms with Gasteiger partial charge in [0.1, 0.15) is 22.4 Å². The standard InChI is InChI=1S/C26H20ClN3O3S/c1-33-21-12-10-17(11-13-21)14-23-25(32)30(20-8-3-2-4-9-20)26(34-23)22(16-28)24(31)29-19-7-5-6-18(27)15-19/h2-13,15,23H,14H2,1H3,(H,29,31). The van der Waals surface area contributed by atoms with Crippen LogP contribution in [0, 0.1) is 11.3 Å². The minimum atomic E-state index is -0.605. The molecular weight excluding hydrogens is 470 g/mol. The minimum absolute atomic E-state index is 0.139. The summed E-state index contributed by atoms with van der Waals surface area (Å²) in [5, 5.41) is 12.9. The first kappa shape index (κ1) is 23.4. The molecule has 2 amide bonds. The number of methoxy groups -OCH3 is 1. The van der Waals surface area contributed by atoms with Crippen molar-refractivity contribution in [3.05, 3.63) is 100 Å². The fourth-order valence-corrected chi connectivity index (χ4v) is 5.03. The van der Waals surface area contributed by atoms with Gasteiger partial charge in [-0.2, -0.15) is 5.26 Å². The van der Waals surface area contributed by atoms with E-state index in [1.807, 2.05) is 36.4 Å². The van der Waals surface area contributed by atoms with Crippen LogP contribution in [0.25, 0.3) is 0 Å². The van der Waals surface area contributed by atoms with Gasteiger partial charge in [0.05, 0.1) is 12.4 Å². The summed E-state index contributed by atoms with van der Waals surface area (Å²) in [5.41, 5.74) is 1.86. The van der Waals surface area contributed by atoms with Crippen molar-refractivity contribution in [3.63, 3.8) is 0 Å². The van der Waals surface area contributed by atoms with Gasteiger partial charge >= 0.3 is 0 Å². The van der Waals surface area contributed by atoms with E-state index in [1.54, 1.807) is 55.6 Å². The number of hydrogen-bond acceptors (Lipinski definition) is 5. The Morgan fingerprint density at radius 3 is 2.50 bits per heavy atom. The van der Waals surface area contributed by atoms with Gasteiger partial charge in [0, 0.05) is 16.4 Å². The second-order valence-corrected chi connectivity index (χ2v) is 9.05. The molecule has 0 aliphatic carbocycles. The van der Waals surface area contributed by atoms with E-state index in [-0.39, 0.29) is 11.5 Å². The number of benzene rings is 3. The number of nitriles is 1. The van der Waals surface area contributed by atoms with E-state index >= 15 is 0 Å². The summed E-state index contributed by atoms with van der Waals surface area (Å²) in [7, 11) is 1.60. The summed E-state index contributed by atoms with van der Waals surface area (Å²) >= 11 is 7.23. The predicted molar refractivity (Wildman–Crippen MR) is 135 cm³/mol. The summed E-state index contributed by atoms with van der Waals surface area (Å²) in [6.45, 7) is 0. The Hall–Kier alpha value is -3.73. The van der Waals surface area contributed by atoms with E-state index < -0.39 is 11.2 Å². The van der Waals surface area contributed by atoms with Crippen molar-refractivity contribution in [1.82, 2.24) is 0 Å². The summed E-state index contributed by atoms with van der Waals surface area (Å²) in [5.74, 6) is -0.0680. The maximum atomic E-state index is 13.5. The van der Waals surface area contributed by atoms with Crippen molar-refractivity contribution in [1.29, 1.82) is 5.26 Å². The van der Waals surface area contributed by atoms with Gasteiger partial charge in [-0.15, -0.1) is 0 Å². The van der Waals surface area contributed by atoms with E-state index in [1.165, 1.54) is 16.7 Å². The van der Waals surface area contributed by atoms with Crippen LogP contribution in [-0.2, 0) is 16.0 Å². The molecule has 8 heteroatoms. The van der Waals surface area contributed by atoms with Gasteiger partial charge in [0.25, 0.3) is 5.91 Å². The van der Waals surface area contributed by atoms with Gasteiger partial charge < -0.3 is 10.1 Å². The summed E-state index contributed by atoms with van der Waals surface area (Å²) in [6.07, 6.45) is 0.439. The lowest BCUT2D eigenvalue weighted by molar-refractivity contribution is -0.117. The van der Waals surface area contributed by atoms with Crippen molar-refractivity contribution in [2.45, 2.75) is 11.7 Å². The number of hydrogen-bond donors (Lipinski definition) is 1. The molecule has 0 radical (unpaired) electrons. The maximum absolute atomic E-state index is 13.5. The Bertz CT molecular complexity index is 1290. The molecule has 0 aromatic heterocycles. The van der Waals surface area contributed by atoms with Crippen LogP contribution in [0.2, 0.25) is 5.02 Å². The van der Waals surface area contributed by atoms with Gasteiger partial charge in [-0.1, -0.05) is 59.8 Å². The lowest BCUT2D eigenvalue weighted by atomic mass is 10.1. The van der Waals surface area contributed by atoms with E-state index in [4.69, 9.17) is 16.3 Å². The second-order valence-electron chi connectivity index (χ2n) is 7.42. The van der Waals surface area contributed by atoms with Crippen LogP contribution in [0.3, 0.4) is 0 Å². The van der Waals surface area contributed by atoms with Gasteiger partial charge in [-0.3, -0.25) is 14.5 Å². The van der Waals surface area contributed by atoms with Crippen molar-refractivity contribution in [2.75, 3.05) is 17.3 Å². The molecule has 1 fully saturated rings. The van der Waals surface area contributed by atoms with Gasteiger partial charge in [-0.25, -0.2) is 0 Å². The van der Waals surface area contributed by atoms with Crippen molar-refractivity contribution < 1.29 is 14.3 Å². The molecule has 1 N–H and O–H groups in total. The molecule has 6 nitrogen and oxygen atoms in total. The fourth-order valence-electron chi connectivity index (χ4n) is 3.53. The molecule has 4 rings (SSSR count). The quantitative estimate of drug-likeness (QED) is 0.369. The molecule has 0 spiro atoms. The van der Waals surface area contributed by atoms with E-state index in [2.05, 4.69) is 5.32 Å². The summed E-state index contributed by atoms with van der Waals surface area (Å²) < 4.78 is 5.20. The fraction of sp³-hybridized carbons (Fsp3) is 0.115. The highest BCUT2D eigenvalue weighted by Crippen LogP contribution is 2.42. The average molecular weight is 490 g/mol. The average Bonchev–Trinajstić information content (AvgIpc) is 3.16. The molecule has 3 aromatic carbocycles. The van der Waals surface area contributed by atoms with Crippen LogP contribution in [0.5, 0.6) is 5.75 Å². The summed E-state index contributed by atoms with van der Waals surface area (Å²) in [4.78, 5) is 28.0. The van der Waals surface area contributed by atoms with E-state index in [0.717, 1.165) is 11.3 Å². The Morgan fingerprint density at radius 2 is 1.85 bits per heavy atom. The van der Waals surface area contributed by atoms with Crippen LogP contribution in [0.15, 0.2) is 89.5 Å². The third-order valence-electron chi connectivity index (χ3n) is 5.18. The number of carbonyl (C=O) groups excluding carboxylic acids is 2. The predicted octanol–water partition coefficient (Wildman–Crippen LogP) is 5.41. The van der Waals surface area contributed by atoms with E-state index in [0.29, 0.717) is 27.8 Å². The second kappa shape index (κ2) is 10.5. The molecule has 3 aromatic rings. The number of carbonyl (C=O) groups is 2. The third kappa shape index (κ3) is 5.09. The molecule has 1 unspecified atom stereocenters. The molecule has 1 heterocycles. The van der Waals surface area contributed by atoms with E-state index in [9.17, 15) is 14.9 Å². The Balaban J connectivity index is 1.69. The highest BCUT2D eigenvalue weighted by Gasteiger charge is 2.40. The molecule has 170 valence electrons. The first-order valence-corrected chi connectivity index (χ1v) is 11.7. The van der Waals surface area contributed by atoms with Gasteiger partial charge in [0.15, 0.2) is 0 Å². The number of nitrogens with zero attached hydrogens (tertiary/aromatic N) is 2. The topological polar surface area (TPSA) is 82.4 Å². The number of anilines is 2. The number of amides is 2. The lowest BCUT2D eigenvalue weighted by Crippen LogP contribution is -2.30. The number of rotatable bonds is 6. The number of para-hydroxylation sites is 1. The number of nitrogens with one attached hydrogen (secondary N) is 1. The van der Waals surface area contributed by atoms with Crippen molar-refractivity contribution in [2.24, 2.45) is 0 Å². The van der Waals surface area contributed by atoms with Crippen LogP contribution in [-0.4, -0.2) is 24.2 Å². The molecule has 1 aliphatic rings. The number of ether oxygens (including phenoxy) is 1. The SMILES string of the molecule is COc1ccc(CC2SC(=C(C#N)C(=O)Nc3cccc(Cl)c3)N(c3ccccc3)C2=O)cc1. The molecule has 1 saturated heterocycles. The molecule has 0 saturated carbocycles. The Morgan fingerprint density at radius 1 is 1.12 bits per heavy atom. The van der Waals surface area contributed by atoms with Crippen LogP contribution in [0.4, 0.5) is 11.4 Å². The minimum Gasteiger partial charge on any atom is -0.497 e. The zero-order valence-corrected chi connectivity index (χ0v) is 19.8. The first-order chi connectivity index (χ1) is 16.5. The van der Waals surface area contributed by atoms with Gasteiger partial charge in [-0.05, 0) is 54.4 Å². The monoisotopic (exact) mass is 489 g/mol. The smallest absolute Gasteiger partial charge is 0.269 e. The van der Waals surface area contributed by atoms with Crippen LogP contribution >= 0.6 is 23.4 Å². The number of halogens is 1. The Kier molecular flexibility index (Phi) is 7.21. The maximum Gasteiger partial charge on any atom is 0.269 e. The first-order valence-electron chi connectivity index (χ1n) is 10.4. The normalized spacial score (nSPS) is 16.7. The van der Waals surface area contributed by atoms with Gasteiger partial charge in [0.2, 0.25) is 5.91 Å². The largest absolute Gasteiger partial charge is 0.497 e.